The maximum absolute atomic E-state index is 12.5. The van der Waals surface area contributed by atoms with Crippen LogP contribution in [0, 0.1) is 5.92 Å². The van der Waals surface area contributed by atoms with Gasteiger partial charge >= 0.3 is 0 Å². The van der Waals surface area contributed by atoms with Gasteiger partial charge < -0.3 is 10.3 Å². The van der Waals surface area contributed by atoms with Crippen LogP contribution in [0.3, 0.4) is 0 Å². The van der Waals surface area contributed by atoms with E-state index < -0.39 is 0 Å². The zero-order valence-electron chi connectivity index (χ0n) is 15.1. The molecule has 3 rings (SSSR count). The Hall–Kier alpha value is -2.33. The molecular weight excluding hydrogens is 346 g/mol. The van der Waals surface area contributed by atoms with E-state index in [1.807, 2.05) is 36.5 Å². The standard InChI is InChI=1S/C21H24ClN3O/c1-14(2)9-16(10-21(26)25-12-15-5-7-23-8-6-15)19-13-24-20-4-3-17(22)11-18(19)20/h3-8,11,13-14,16,24H,9-10,12H2,1-2H3,(H,25,26). The Bertz CT molecular complexity index is 873. The van der Waals surface area contributed by atoms with Crippen molar-refractivity contribution < 1.29 is 4.79 Å². The number of H-pyrrole nitrogens is 1. The number of benzene rings is 1. The highest BCUT2D eigenvalue weighted by atomic mass is 35.5. The maximum atomic E-state index is 12.5. The van der Waals surface area contributed by atoms with Crippen molar-refractivity contribution in [2.75, 3.05) is 0 Å². The molecule has 1 atom stereocenters. The second-order valence-corrected chi connectivity index (χ2v) is 7.53. The second-order valence-electron chi connectivity index (χ2n) is 7.10. The lowest BCUT2D eigenvalue weighted by molar-refractivity contribution is -0.121. The van der Waals surface area contributed by atoms with E-state index in [0.717, 1.165) is 28.5 Å². The summed E-state index contributed by atoms with van der Waals surface area (Å²) in [5.41, 5.74) is 3.26. The van der Waals surface area contributed by atoms with Crippen molar-refractivity contribution in [1.82, 2.24) is 15.3 Å². The van der Waals surface area contributed by atoms with Gasteiger partial charge in [0.2, 0.25) is 5.91 Å². The van der Waals surface area contributed by atoms with Crippen molar-refractivity contribution in [3.63, 3.8) is 0 Å². The Labute approximate surface area is 159 Å². The number of fused-ring (bicyclic) bond motifs is 1. The van der Waals surface area contributed by atoms with Crippen LogP contribution in [0.4, 0.5) is 0 Å². The summed E-state index contributed by atoms with van der Waals surface area (Å²) in [7, 11) is 0. The molecule has 2 N–H and O–H groups in total. The molecule has 0 aliphatic carbocycles. The minimum atomic E-state index is 0.0591. The van der Waals surface area contributed by atoms with Crippen LogP contribution in [0.15, 0.2) is 48.9 Å². The quantitative estimate of drug-likeness (QED) is 0.612. The van der Waals surface area contributed by atoms with E-state index in [1.54, 1.807) is 12.4 Å². The molecule has 2 aromatic heterocycles. The molecule has 4 nitrogen and oxygen atoms in total. The number of nitrogens with zero attached hydrogens (tertiary/aromatic N) is 1. The SMILES string of the molecule is CC(C)CC(CC(=O)NCc1ccncc1)c1c[nH]c2ccc(Cl)cc12. The van der Waals surface area contributed by atoms with Gasteiger partial charge in [-0.25, -0.2) is 0 Å². The van der Waals surface area contributed by atoms with Gasteiger partial charge in [0.1, 0.15) is 0 Å². The lowest BCUT2D eigenvalue weighted by Gasteiger charge is -2.19. The van der Waals surface area contributed by atoms with Crippen molar-refractivity contribution in [3.05, 3.63) is 65.1 Å². The largest absolute Gasteiger partial charge is 0.361 e. The zero-order valence-corrected chi connectivity index (χ0v) is 15.9. The molecule has 0 bridgehead atoms. The summed E-state index contributed by atoms with van der Waals surface area (Å²) in [5, 5.41) is 4.83. The molecule has 2 heterocycles. The van der Waals surface area contributed by atoms with Crippen molar-refractivity contribution >= 4 is 28.4 Å². The highest BCUT2D eigenvalue weighted by Crippen LogP contribution is 2.33. The van der Waals surface area contributed by atoms with Gasteiger partial charge in [-0.15, -0.1) is 0 Å². The van der Waals surface area contributed by atoms with E-state index in [1.165, 1.54) is 0 Å². The number of carbonyl (C=O) groups excluding carboxylic acids is 1. The molecule has 0 saturated heterocycles. The van der Waals surface area contributed by atoms with E-state index in [4.69, 9.17) is 11.6 Å². The normalized spacial score (nSPS) is 12.5. The highest BCUT2D eigenvalue weighted by Gasteiger charge is 2.20. The second kappa shape index (κ2) is 8.37. The lowest BCUT2D eigenvalue weighted by atomic mass is 9.87. The molecule has 1 amide bonds. The van der Waals surface area contributed by atoms with Crippen molar-refractivity contribution in [3.8, 4) is 0 Å². The van der Waals surface area contributed by atoms with Crippen LogP contribution in [0.25, 0.3) is 10.9 Å². The Morgan fingerprint density at radius 3 is 2.73 bits per heavy atom. The third-order valence-corrected chi connectivity index (χ3v) is 4.78. The predicted octanol–water partition coefficient (Wildman–Crippen LogP) is 5.05. The fourth-order valence-electron chi connectivity index (χ4n) is 3.34. The van der Waals surface area contributed by atoms with Crippen LogP contribution >= 0.6 is 11.6 Å². The van der Waals surface area contributed by atoms with Crippen LogP contribution < -0.4 is 5.32 Å². The van der Waals surface area contributed by atoms with Gasteiger partial charge in [-0.05, 0) is 59.7 Å². The van der Waals surface area contributed by atoms with Crippen LogP contribution in [-0.4, -0.2) is 15.9 Å². The molecule has 0 spiro atoms. The first kappa shape index (κ1) is 18.5. The van der Waals surface area contributed by atoms with Crippen LogP contribution in [0.1, 0.15) is 43.7 Å². The van der Waals surface area contributed by atoms with Gasteiger partial charge in [0.05, 0.1) is 0 Å². The highest BCUT2D eigenvalue weighted by molar-refractivity contribution is 6.31. The van der Waals surface area contributed by atoms with Gasteiger partial charge in [-0.1, -0.05) is 25.4 Å². The van der Waals surface area contributed by atoms with E-state index in [0.29, 0.717) is 23.9 Å². The number of amides is 1. The summed E-state index contributed by atoms with van der Waals surface area (Å²) in [6.45, 7) is 4.89. The first-order valence-corrected chi connectivity index (χ1v) is 9.33. The lowest BCUT2D eigenvalue weighted by Crippen LogP contribution is -2.25. The van der Waals surface area contributed by atoms with Crippen molar-refractivity contribution in [1.29, 1.82) is 0 Å². The molecule has 3 aromatic rings. The molecule has 0 saturated carbocycles. The molecule has 26 heavy (non-hydrogen) atoms. The van der Waals surface area contributed by atoms with Crippen LogP contribution in [-0.2, 0) is 11.3 Å². The Balaban J connectivity index is 1.75. The average Bonchev–Trinajstić information content (AvgIpc) is 3.03. The molecule has 0 fully saturated rings. The van der Waals surface area contributed by atoms with Gasteiger partial charge in [0, 0.05) is 47.5 Å². The molecule has 0 aliphatic rings. The number of hydrogen-bond donors (Lipinski definition) is 2. The summed E-state index contributed by atoms with van der Waals surface area (Å²) in [6, 6.07) is 9.66. The number of pyridine rings is 1. The molecule has 5 heteroatoms. The van der Waals surface area contributed by atoms with Crippen LogP contribution in [0.5, 0.6) is 0 Å². The zero-order chi connectivity index (χ0) is 18.5. The smallest absolute Gasteiger partial charge is 0.220 e. The van der Waals surface area contributed by atoms with E-state index >= 15 is 0 Å². The first-order chi connectivity index (χ1) is 12.5. The fourth-order valence-corrected chi connectivity index (χ4v) is 3.51. The molecule has 1 unspecified atom stereocenters. The van der Waals surface area contributed by atoms with Gasteiger partial charge in [-0.3, -0.25) is 9.78 Å². The van der Waals surface area contributed by atoms with Gasteiger partial charge in [0.25, 0.3) is 0 Å². The average molecular weight is 370 g/mol. The van der Waals surface area contributed by atoms with Crippen molar-refractivity contribution in [2.24, 2.45) is 5.92 Å². The summed E-state index contributed by atoms with van der Waals surface area (Å²) in [4.78, 5) is 19.8. The molecule has 0 radical (unpaired) electrons. The topological polar surface area (TPSA) is 57.8 Å². The minimum Gasteiger partial charge on any atom is -0.361 e. The Morgan fingerprint density at radius 1 is 1.23 bits per heavy atom. The number of nitrogens with one attached hydrogen (secondary N) is 2. The van der Waals surface area contributed by atoms with E-state index in [9.17, 15) is 4.79 Å². The third kappa shape index (κ3) is 4.64. The molecule has 136 valence electrons. The number of aromatic amines is 1. The molecular formula is C21H24ClN3O. The maximum Gasteiger partial charge on any atom is 0.220 e. The number of aromatic nitrogens is 2. The molecule has 0 aliphatic heterocycles. The van der Waals surface area contributed by atoms with Crippen molar-refractivity contribution in [2.45, 2.75) is 39.2 Å². The summed E-state index contributed by atoms with van der Waals surface area (Å²) >= 11 is 6.18. The van der Waals surface area contributed by atoms with E-state index in [2.05, 4.69) is 29.1 Å². The number of halogens is 1. The summed E-state index contributed by atoms with van der Waals surface area (Å²) in [5.74, 6) is 0.709. The first-order valence-electron chi connectivity index (χ1n) is 8.95. The summed E-state index contributed by atoms with van der Waals surface area (Å²) in [6.07, 6.45) is 6.90. The fraction of sp³-hybridized carbons (Fsp3) is 0.333. The number of carbonyl (C=O) groups is 1. The van der Waals surface area contributed by atoms with Gasteiger partial charge in [0.15, 0.2) is 0 Å². The predicted molar refractivity (Wildman–Crippen MR) is 106 cm³/mol. The molecule has 1 aromatic carbocycles. The number of rotatable bonds is 7. The van der Waals surface area contributed by atoms with Crippen LogP contribution in [0.2, 0.25) is 5.02 Å². The summed E-state index contributed by atoms with van der Waals surface area (Å²) < 4.78 is 0. The minimum absolute atomic E-state index is 0.0591. The Kier molecular flexibility index (Phi) is 5.94. The number of hydrogen-bond acceptors (Lipinski definition) is 2. The third-order valence-electron chi connectivity index (χ3n) is 4.54. The van der Waals surface area contributed by atoms with E-state index in [-0.39, 0.29) is 11.8 Å². The monoisotopic (exact) mass is 369 g/mol. The van der Waals surface area contributed by atoms with Gasteiger partial charge in [-0.2, -0.15) is 0 Å². The Morgan fingerprint density at radius 2 is 2.00 bits per heavy atom.